The van der Waals surface area contributed by atoms with Crippen molar-refractivity contribution in [2.75, 3.05) is 13.3 Å². The molecule has 22 heavy (non-hydrogen) atoms. The van der Waals surface area contributed by atoms with Gasteiger partial charge < -0.3 is 18.7 Å². The van der Waals surface area contributed by atoms with Crippen LogP contribution >= 0.6 is 7.60 Å². The van der Waals surface area contributed by atoms with Crippen molar-refractivity contribution < 1.29 is 27.8 Å². The summed E-state index contributed by atoms with van der Waals surface area (Å²) in [6.07, 6.45) is -1.12. The predicted octanol–water partition coefficient (Wildman–Crippen LogP) is 2.99. The van der Waals surface area contributed by atoms with Crippen LogP contribution in [-0.2, 0) is 27.8 Å². The Morgan fingerprint density at radius 2 is 1.82 bits per heavy atom. The van der Waals surface area contributed by atoms with Crippen molar-refractivity contribution >= 4 is 7.60 Å². The van der Waals surface area contributed by atoms with E-state index < -0.39 is 19.3 Å². The zero-order valence-electron chi connectivity index (χ0n) is 14.6. The van der Waals surface area contributed by atoms with Crippen LogP contribution in [0.3, 0.4) is 0 Å². The summed E-state index contributed by atoms with van der Waals surface area (Å²) in [5, 5.41) is 0. The molecule has 2 rings (SSSR count). The second kappa shape index (κ2) is 6.50. The van der Waals surface area contributed by atoms with Crippen LogP contribution in [-0.4, -0.2) is 55.5 Å². The van der Waals surface area contributed by atoms with Gasteiger partial charge in [-0.25, -0.2) is 0 Å². The average Bonchev–Trinajstić information content (AvgIpc) is 2.73. The van der Waals surface area contributed by atoms with Crippen molar-refractivity contribution in [3.63, 3.8) is 0 Å². The summed E-state index contributed by atoms with van der Waals surface area (Å²) in [4.78, 5) is 0. The first kappa shape index (κ1) is 18.4. The van der Waals surface area contributed by atoms with E-state index in [-0.39, 0.29) is 30.5 Å². The first-order valence-corrected chi connectivity index (χ1v) is 9.95. The molecule has 6 atom stereocenters. The van der Waals surface area contributed by atoms with Crippen molar-refractivity contribution in [2.24, 2.45) is 0 Å². The van der Waals surface area contributed by atoms with Gasteiger partial charge in [-0.3, -0.25) is 9.09 Å². The summed E-state index contributed by atoms with van der Waals surface area (Å²) >= 11 is 0. The number of hydrogen-bond acceptors (Lipinski definition) is 6. The Hall–Kier alpha value is 0.0300. The van der Waals surface area contributed by atoms with E-state index in [1.54, 1.807) is 0 Å². The Morgan fingerprint density at radius 3 is 2.36 bits per heavy atom. The third-order valence-electron chi connectivity index (χ3n) is 4.05. The highest BCUT2D eigenvalue weighted by atomic mass is 31.2. The van der Waals surface area contributed by atoms with Crippen LogP contribution < -0.4 is 0 Å². The molecule has 0 saturated carbocycles. The number of ether oxygens (including phenoxy) is 3. The Morgan fingerprint density at radius 1 is 1.18 bits per heavy atom. The van der Waals surface area contributed by atoms with Crippen molar-refractivity contribution in [1.82, 2.24) is 0 Å². The van der Waals surface area contributed by atoms with E-state index in [1.807, 2.05) is 41.5 Å². The van der Waals surface area contributed by atoms with Crippen LogP contribution in [0, 0.1) is 0 Å². The molecule has 0 aromatic heterocycles. The fourth-order valence-electron chi connectivity index (χ4n) is 3.16. The van der Waals surface area contributed by atoms with E-state index in [1.165, 1.54) is 6.66 Å². The monoisotopic (exact) mass is 336 g/mol. The molecular formula is C15H29O6P. The number of rotatable bonds is 7. The zero-order chi connectivity index (χ0) is 16.7. The molecule has 2 aliphatic rings. The largest absolute Gasteiger partial charge is 0.376 e. The fourth-order valence-corrected chi connectivity index (χ4v) is 4.68. The Kier molecular flexibility index (Phi) is 5.43. The van der Waals surface area contributed by atoms with Crippen LogP contribution in [0.25, 0.3) is 0 Å². The minimum Gasteiger partial charge on any atom is -0.376 e. The molecule has 0 aromatic carbocycles. The maximum Gasteiger partial charge on any atom is 0.328 e. The molecule has 0 amide bonds. The summed E-state index contributed by atoms with van der Waals surface area (Å²) in [6.45, 7) is 13.3. The molecule has 0 N–H and O–H groups in total. The van der Waals surface area contributed by atoms with E-state index in [4.69, 9.17) is 23.3 Å². The predicted molar refractivity (Wildman–Crippen MR) is 83.3 cm³/mol. The SMILES string of the molecule is CC(C)OC[C@]12O[C@@H](C)[C@H](O[C@H]1C)[C@@H]2OP(C)(=O)OC(C)C. The van der Waals surface area contributed by atoms with Gasteiger partial charge in [-0.15, -0.1) is 0 Å². The van der Waals surface area contributed by atoms with Crippen molar-refractivity contribution in [2.45, 2.75) is 83.8 Å². The molecule has 130 valence electrons. The Bertz CT molecular complexity index is 440. The molecule has 7 heteroatoms. The van der Waals surface area contributed by atoms with Gasteiger partial charge in [0.05, 0.1) is 31.0 Å². The lowest BCUT2D eigenvalue weighted by atomic mass is 9.94. The van der Waals surface area contributed by atoms with E-state index >= 15 is 0 Å². The van der Waals surface area contributed by atoms with E-state index in [0.717, 1.165) is 0 Å². The average molecular weight is 336 g/mol. The van der Waals surface area contributed by atoms with Crippen molar-refractivity contribution in [3.8, 4) is 0 Å². The second-order valence-corrected chi connectivity index (χ2v) is 8.80. The van der Waals surface area contributed by atoms with Gasteiger partial charge in [-0.1, -0.05) is 0 Å². The van der Waals surface area contributed by atoms with Gasteiger partial charge in [0.15, 0.2) is 0 Å². The first-order chi connectivity index (χ1) is 10.1. The number of hydrogen-bond donors (Lipinski definition) is 0. The maximum atomic E-state index is 12.6. The van der Waals surface area contributed by atoms with Crippen LogP contribution in [0.5, 0.6) is 0 Å². The topological polar surface area (TPSA) is 63.2 Å². The minimum atomic E-state index is -3.19. The van der Waals surface area contributed by atoms with Gasteiger partial charge in [0.25, 0.3) is 0 Å². The van der Waals surface area contributed by atoms with Gasteiger partial charge in [0.1, 0.15) is 17.8 Å². The highest BCUT2D eigenvalue weighted by molar-refractivity contribution is 7.53. The van der Waals surface area contributed by atoms with Crippen LogP contribution in [0.4, 0.5) is 0 Å². The first-order valence-electron chi connectivity index (χ1n) is 7.96. The highest BCUT2D eigenvalue weighted by Crippen LogP contribution is 2.55. The maximum absolute atomic E-state index is 12.6. The van der Waals surface area contributed by atoms with Gasteiger partial charge in [-0.2, -0.15) is 0 Å². The smallest absolute Gasteiger partial charge is 0.328 e. The molecule has 0 aliphatic carbocycles. The summed E-state index contributed by atoms with van der Waals surface area (Å²) in [5.74, 6) is 0. The van der Waals surface area contributed by atoms with Crippen molar-refractivity contribution in [3.05, 3.63) is 0 Å². The molecule has 1 unspecified atom stereocenters. The standard InChI is InChI=1S/C15H29O6P/c1-9(2)17-8-15-12(6)18-13(11(5)19-15)14(15)21-22(7,16)20-10(3)4/h9-14H,8H2,1-7H3/t11-,12-,13-,14-,15-,22?/m0/s1. The lowest BCUT2D eigenvalue weighted by molar-refractivity contribution is -0.200. The highest BCUT2D eigenvalue weighted by Gasteiger charge is 2.66. The molecule has 2 bridgehead atoms. The molecular weight excluding hydrogens is 307 g/mol. The van der Waals surface area contributed by atoms with E-state index in [9.17, 15) is 4.57 Å². The normalized spacial score (nSPS) is 40.6. The molecule has 2 fully saturated rings. The molecule has 2 heterocycles. The van der Waals surface area contributed by atoms with Gasteiger partial charge in [0, 0.05) is 6.66 Å². The third kappa shape index (κ3) is 3.58. The molecule has 0 aromatic rings. The third-order valence-corrected chi connectivity index (χ3v) is 5.46. The van der Waals surface area contributed by atoms with E-state index in [0.29, 0.717) is 6.61 Å². The van der Waals surface area contributed by atoms with Gasteiger partial charge in [0.2, 0.25) is 0 Å². The van der Waals surface area contributed by atoms with Gasteiger partial charge in [-0.05, 0) is 41.5 Å². The summed E-state index contributed by atoms with van der Waals surface area (Å²) in [5.41, 5.74) is -0.736. The molecule has 0 radical (unpaired) electrons. The summed E-state index contributed by atoms with van der Waals surface area (Å²) < 4.78 is 41.8. The van der Waals surface area contributed by atoms with Gasteiger partial charge >= 0.3 is 7.60 Å². The molecule has 2 aliphatic heterocycles. The Labute approximate surface area is 133 Å². The summed E-state index contributed by atoms with van der Waals surface area (Å²) in [6, 6.07) is 0. The molecule has 6 nitrogen and oxygen atoms in total. The quantitative estimate of drug-likeness (QED) is 0.666. The van der Waals surface area contributed by atoms with Crippen LogP contribution in [0.1, 0.15) is 41.5 Å². The van der Waals surface area contributed by atoms with Crippen LogP contribution in [0.15, 0.2) is 0 Å². The minimum absolute atomic E-state index is 0.0705. The molecule has 2 saturated heterocycles. The number of fused-ring (bicyclic) bond motifs is 2. The van der Waals surface area contributed by atoms with E-state index in [2.05, 4.69) is 0 Å². The zero-order valence-corrected chi connectivity index (χ0v) is 15.5. The molecule has 0 spiro atoms. The Balaban J connectivity index is 2.19. The lowest BCUT2D eigenvalue weighted by Crippen LogP contribution is -2.51. The summed E-state index contributed by atoms with van der Waals surface area (Å²) in [7, 11) is -3.19. The lowest BCUT2D eigenvalue weighted by Gasteiger charge is -2.36. The fraction of sp³-hybridized carbons (Fsp3) is 1.00. The van der Waals surface area contributed by atoms with Crippen LogP contribution in [0.2, 0.25) is 0 Å². The van der Waals surface area contributed by atoms with Crippen molar-refractivity contribution in [1.29, 1.82) is 0 Å². The second-order valence-electron chi connectivity index (χ2n) is 6.83.